The Morgan fingerprint density at radius 1 is 0.411 bits per heavy atom. The smallest absolute Gasteiger partial charge is 0.294 e. The summed E-state index contributed by atoms with van der Waals surface area (Å²) in [5.74, 6) is -65.4. The van der Waals surface area contributed by atoms with Crippen LogP contribution in [0.2, 0.25) is 0 Å². The molecule has 0 rings (SSSR count). The van der Waals surface area contributed by atoms with Crippen molar-refractivity contribution in [3.05, 3.63) is 0 Å². The summed E-state index contributed by atoms with van der Waals surface area (Å²) in [4.78, 5) is 0. The molecule has 0 bridgehead atoms. The number of alkyl halides is 32. The molecule has 0 unspecified atom stereocenters. The molecule has 338 valence electrons. The lowest BCUT2D eigenvalue weighted by Gasteiger charge is -2.44. The summed E-state index contributed by atoms with van der Waals surface area (Å²) in [6.45, 7) is -4.33. The Bertz CT molecular complexity index is 1490. The second kappa shape index (κ2) is 13.9. The van der Waals surface area contributed by atoms with Crippen molar-refractivity contribution in [3.8, 4) is 0 Å². The van der Waals surface area contributed by atoms with E-state index in [9.17, 15) is 149 Å². The molecule has 0 N–H and O–H groups in total. The minimum absolute atomic E-state index is 0.843. The lowest BCUT2D eigenvalue weighted by Crippen LogP contribution is -2.77. The van der Waals surface area contributed by atoms with E-state index in [1.807, 2.05) is 0 Å². The zero-order chi connectivity index (χ0) is 46.4. The summed E-state index contributed by atoms with van der Waals surface area (Å²) in [5.41, 5.74) is -8.90. The van der Waals surface area contributed by atoms with Gasteiger partial charge in [0.25, 0.3) is 10.0 Å². The lowest BCUT2D eigenvalue weighted by atomic mass is 9.91. The molecule has 0 aliphatic rings. The van der Waals surface area contributed by atoms with Crippen molar-refractivity contribution in [2.75, 3.05) is 6.54 Å². The molecular weight excluding hydrogens is 954 g/mol. The van der Waals surface area contributed by atoms with E-state index in [0.29, 0.717) is 0 Å². The summed E-state index contributed by atoms with van der Waals surface area (Å²) in [6, 6.07) is 0. The molecule has 0 atom stereocenters. The van der Waals surface area contributed by atoms with Gasteiger partial charge in [0.15, 0.2) is 0 Å². The van der Waals surface area contributed by atoms with E-state index in [0.717, 1.165) is 0 Å². The maximum atomic E-state index is 14.8. The maximum absolute atomic E-state index is 14.8. The van der Waals surface area contributed by atoms with Crippen LogP contribution < -0.4 is 0 Å². The first-order valence-electron chi connectivity index (χ1n) is 11.7. The third kappa shape index (κ3) is 8.05. The van der Waals surface area contributed by atoms with Gasteiger partial charge >= 0.3 is 92.4 Å². The van der Waals surface area contributed by atoms with Crippen molar-refractivity contribution >= 4 is 18.8 Å². The summed E-state index contributed by atoms with van der Waals surface area (Å²) < 4.78 is 454. The first kappa shape index (κ1) is 53.8. The van der Waals surface area contributed by atoms with Crippen molar-refractivity contribution in [2.24, 2.45) is 0 Å². The van der Waals surface area contributed by atoms with Gasteiger partial charge in [0.05, 0.1) is 0 Å². The van der Waals surface area contributed by atoms with E-state index in [1.165, 1.54) is 8.85 Å². The molecular formula is C16H5F32NO5SSi. The molecule has 0 aliphatic carbocycles. The van der Waals surface area contributed by atoms with Crippen molar-refractivity contribution in [1.29, 1.82) is 0 Å². The van der Waals surface area contributed by atoms with Gasteiger partial charge in [-0.25, -0.2) is 8.42 Å². The average molecular weight is 959 g/mol. The number of hydrogen-bond donors (Lipinski definition) is 0. The highest BCUT2D eigenvalue weighted by Crippen LogP contribution is 2.65. The third-order valence-corrected chi connectivity index (χ3v) is 10.3. The molecule has 0 aromatic carbocycles. The van der Waals surface area contributed by atoms with Crippen LogP contribution in [0.5, 0.6) is 0 Å². The summed E-state index contributed by atoms with van der Waals surface area (Å²) in [6.07, 6.45) is -40.6. The molecule has 0 saturated carbocycles. The summed E-state index contributed by atoms with van der Waals surface area (Å²) in [5, 5.41) is -9.23. The van der Waals surface area contributed by atoms with Gasteiger partial charge in [-0.2, -0.15) is 114 Å². The van der Waals surface area contributed by atoms with Crippen molar-refractivity contribution in [1.82, 2.24) is 4.31 Å². The molecule has 6 nitrogen and oxygen atoms in total. The van der Waals surface area contributed by atoms with Gasteiger partial charge in [-0.3, -0.25) is 13.3 Å². The minimum Gasteiger partial charge on any atom is -0.294 e. The van der Waals surface area contributed by atoms with Crippen LogP contribution in [0.4, 0.5) is 140 Å². The molecule has 0 heterocycles. The quantitative estimate of drug-likeness (QED) is 0.0668. The Morgan fingerprint density at radius 2 is 0.679 bits per heavy atom. The molecule has 0 spiro atoms. The Kier molecular flexibility index (Phi) is 13.4. The van der Waals surface area contributed by atoms with Crippen LogP contribution in [0.1, 0.15) is 6.92 Å². The lowest BCUT2D eigenvalue weighted by molar-refractivity contribution is -0.458. The van der Waals surface area contributed by atoms with Crippen LogP contribution in [-0.4, -0.2) is 112 Å². The van der Waals surface area contributed by atoms with E-state index < -0.39 is 120 Å². The van der Waals surface area contributed by atoms with Crippen LogP contribution in [0.15, 0.2) is 0 Å². The highest BCUT2D eigenvalue weighted by Gasteiger charge is 2.97. The van der Waals surface area contributed by atoms with Crippen LogP contribution in [0, 0.1) is 0 Å². The molecule has 56 heavy (non-hydrogen) atoms. The van der Waals surface area contributed by atoms with Gasteiger partial charge in [-0.15, -0.1) is 30.6 Å². The number of hydrogen-bond acceptors (Lipinski definition) is 5. The number of nitrogens with zero attached hydrogens (tertiary/aromatic N) is 1. The zero-order valence-electron chi connectivity index (χ0n) is 24.2. The predicted octanol–water partition coefficient (Wildman–Crippen LogP) is 9.56. The molecule has 0 radical (unpaired) electrons. The van der Waals surface area contributed by atoms with Crippen LogP contribution in [0.3, 0.4) is 0 Å². The first-order valence-corrected chi connectivity index (χ1v) is 14.9. The maximum Gasteiger partial charge on any atom is 0.600 e. The van der Waals surface area contributed by atoms with Crippen LogP contribution in [-0.2, 0) is 23.3 Å². The van der Waals surface area contributed by atoms with Gasteiger partial charge in [-0.05, 0) is 0 Å². The first-order chi connectivity index (χ1) is 23.6. The minimum atomic E-state index is -10.7. The fraction of sp³-hybridized carbons (Fsp3) is 1.00. The second-order valence-corrected chi connectivity index (χ2v) is 13.8. The van der Waals surface area contributed by atoms with Crippen LogP contribution >= 0.6 is 0 Å². The predicted molar refractivity (Wildman–Crippen MR) is 104 cm³/mol. The topological polar surface area (TPSA) is 65.1 Å². The number of halogens is 32. The summed E-state index contributed by atoms with van der Waals surface area (Å²) >= 11 is 0. The van der Waals surface area contributed by atoms with Gasteiger partial charge in [0.2, 0.25) is 0 Å². The van der Waals surface area contributed by atoms with Gasteiger partial charge in [0.1, 0.15) is 0 Å². The molecule has 0 amide bonds. The Labute approximate surface area is 283 Å². The van der Waals surface area contributed by atoms with Crippen LogP contribution in [0.25, 0.3) is 0 Å². The van der Waals surface area contributed by atoms with Crippen molar-refractivity contribution in [3.63, 3.8) is 0 Å². The SMILES string of the molecule is CCN(C(F)(F)O[Si](OC(F)(F)F)(OC(F)(F)F)C(F)(F)C(F)(F)C(F)(F)F)S(=O)(=O)C(F)(F)C(F)(F)C(F)(F)C(F)(F)C(F)(F)C(F)(F)C(F)(F)C(F)(F)F. The zero-order valence-corrected chi connectivity index (χ0v) is 26.0. The molecule has 0 fully saturated rings. The van der Waals surface area contributed by atoms with Crippen molar-refractivity contribution < 1.29 is 162 Å². The average Bonchev–Trinajstić information content (AvgIpc) is 2.88. The third-order valence-electron chi connectivity index (χ3n) is 5.78. The number of sulfonamides is 1. The molecule has 40 heteroatoms. The fourth-order valence-electron chi connectivity index (χ4n) is 3.09. The second-order valence-electron chi connectivity index (χ2n) is 9.52. The monoisotopic (exact) mass is 959 g/mol. The van der Waals surface area contributed by atoms with Gasteiger partial charge in [0, 0.05) is 6.54 Å². The Hall–Kier alpha value is -2.23. The highest BCUT2D eigenvalue weighted by atomic mass is 32.2. The largest absolute Gasteiger partial charge is 0.600 e. The fourth-order valence-corrected chi connectivity index (χ4v) is 6.62. The van der Waals surface area contributed by atoms with E-state index >= 15 is 0 Å². The molecule has 0 aliphatic heterocycles. The number of rotatable bonds is 16. The standard InChI is InChI=1S/C16H5F32NO5SSi/c1-2-49(16(47,48)54-56(52-14(41,42)43,53-15(44,45)46)13(39,40)9(29,30)11(34,35)36)55(50,51)12(37,38)8(27,28)6(23,24)4(19,20)3(17,18)5(21,22)7(25,26)10(31,32)33/h2H2,1H3. The highest BCUT2D eigenvalue weighted by molar-refractivity contribution is 7.90. The normalized spacial score (nSPS) is 16.9. The Balaban J connectivity index is 8.07. The van der Waals surface area contributed by atoms with E-state index in [-0.39, 0.29) is 0 Å². The van der Waals surface area contributed by atoms with Gasteiger partial charge in [-0.1, -0.05) is 6.92 Å². The molecule has 0 aromatic heterocycles. The van der Waals surface area contributed by atoms with E-state index in [1.54, 1.807) is 4.43 Å². The van der Waals surface area contributed by atoms with Crippen molar-refractivity contribution in [2.45, 2.75) is 90.5 Å². The molecule has 0 saturated heterocycles. The van der Waals surface area contributed by atoms with E-state index in [4.69, 9.17) is 0 Å². The van der Waals surface area contributed by atoms with Gasteiger partial charge < -0.3 is 0 Å². The van der Waals surface area contributed by atoms with E-state index in [2.05, 4.69) is 0 Å². The molecule has 0 aromatic rings. The Morgan fingerprint density at radius 3 is 0.929 bits per heavy atom. The summed E-state index contributed by atoms with van der Waals surface area (Å²) in [7, 11) is -20.5.